The molecule has 0 unspecified atom stereocenters. The third-order valence-electron chi connectivity index (χ3n) is 6.44. The molecule has 176 valence electrons. The standard InChI is InChI=1S/C22H28O10/c1-10-8-14(30-20(28)11-2-4-12(24)5-3-11)13-6-7-29-21(16(10)13)32-22-19(27)18(26)17(25)15(9-23)31-22/h2-7,10,13-19,21-27H,8-9H2,1H3/t10-,13+,14-,15-,16-,17-,18+,19-,21+,22+/m1/s1. The molecule has 2 aliphatic heterocycles. The zero-order chi connectivity index (χ0) is 23.0. The Morgan fingerprint density at radius 3 is 2.50 bits per heavy atom. The van der Waals surface area contributed by atoms with E-state index in [9.17, 15) is 30.3 Å². The van der Waals surface area contributed by atoms with E-state index in [4.69, 9.17) is 18.9 Å². The van der Waals surface area contributed by atoms with Crippen LogP contribution in [0.1, 0.15) is 23.7 Å². The van der Waals surface area contributed by atoms with Crippen molar-refractivity contribution in [1.82, 2.24) is 0 Å². The van der Waals surface area contributed by atoms with Crippen LogP contribution in [-0.4, -0.2) is 81.2 Å². The fourth-order valence-electron chi connectivity index (χ4n) is 4.68. The second-order valence-electron chi connectivity index (χ2n) is 8.52. The van der Waals surface area contributed by atoms with E-state index in [0.717, 1.165) is 0 Å². The summed E-state index contributed by atoms with van der Waals surface area (Å²) in [5.74, 6) is -0.872. The molecular weight excluding hydrogens is 424 g/mol. The number of aromatic hydroxyl groups is 1. The SMILES string of the molecule is C[C@@H]1C[C@@H](OC(=O)c2ccc(O)cc2)[C@@H]2C=CO[C@@H](O[C@@H]3O[C@H](CO)[C@@H](O)[C@H](O)[C@H]3O)[C@@H]21. The van der Waals surface area contributed by atoms with Crippen LogP contribution in [0, 0.1) is 17.8 Å². The summed E-state index contributed by atoms with van der Waals surface area (Å²) in [6.07, 6.45) is -4.49. The molecule has 1 saturated carbocycles. The maximum atomic E-state index is 12.6. The van der Waals surface area contributed by atoms with Crippen molar-refractivity contribution in [3.05, 3.63) is 42.2 Å². The number of hydrogen-bond acceptors (Lipinski definition) is 10. The van der Waals surface area contributed by atoms with Gasteiger partial charge in [0.05, 0.1) is 18.4 Å². The van der Waals surface area contributed by atoms with Gasteiger partial charge in [0.25, 0.3) is 0 Å². The number of carbonyl (C=O) groups excluding carboxylic acids is 1. The fourth-order valence-corrected chi connectivity index (χ4v) is 4.68. The molecule has 1 saturated heterocycles. The molecule has 1 aliphatic carbocycles. The lowest BCUT2D eigenvalue weighted by Crippen LogP contribution is -2.60. The lowest BCUT2D eigenvalue weighted by atomic mass is 9.88. The molecule has 10 heteroatoms. The molecule has 2 fully saturated rings. The lowest BCUT2D eigenvalue weighted by molar-refractivity contribution is -0.342. The topological polar surface area (TPSA) is 155 Å². The van der Waals surface area contributed by atoms with Crippen LogP contribution in [0.4, 0.5) is 0 Å². The van der Waals surface area contributed by atoms with E-state index in [2.05, 4.69) is 0 Å². The molecule has 10 atom stereocenters. The summed E-state index contributed by atoms with van der Waals surface area (Å²) in [4.78, 5) is 12.6. The second-order valence-corrected chi connectivity index (χ2v) is 8.52. The van der Waals surface area contributed by atoms with Crippen LogP contribution < -0.4 is 0 Å². The van der Waals surface area contributed by atoms with Gasteiger partial charge in [-0.05, 0) is 42.7 Å². The van der Waals surface area contributed by atoms with Gasteiger partial charge in [0.2, 0.25) is 6.29 Å². The predicted molar refractivity (Wildman–Crippen MR) is 107 cm³/mol. The van der Waals surface area contributed by atoms with Crippen LogP contribution in [0.15, 0.2) is 36.6 Å². The Morgan fingerprint density at radius 2 is 1.81 bits per heavy atom. The van der Waals surface area contributed by atoms with Crippen molar-refractivity contribution in [3.8, 4) is 5.75 Å². The van der Waals surface area contributed by atoms with Crippen molar-refractivity contribution >= 4 is 5.97 Å². The number of fused-ring (bicyclic) bond motifs is 1. The van der Waals surface area contributed by atoms with Crippen molar-refractivity contribution in [3.63, 3.8) is 0 Å². The molecule has 0 spiro atoms. The Labute approximate surface area is 184 Å². The summed E-state index contributed by atoms with van der Waals surface area (Å²) >= 11 is 0. The maximum Gasteiger partial charge on any atom is 0.338 e. The number of phenols is 1. The highest BCUT2D eigenvalue weighted by Gasteiger charge is 2.51. The summed E-state index contributed by atoms with van der Waals surface area (Å²) in [6.45, 7) is 1.41. The number of ether oxygens (including phenoxy) is 4. The van der Waals surface area contributed by atoms with Gasteiger partial charge in [0.1, 0.15) is 36.3 Å². The van der Waals surface area contributed by atoms with Crippen molar-refractivity contribution < 1.29 is 49.3 Å². The van der Waals surface area contributed by atoms with E-state index in [1.165, 1.54) is 30.5 Å². The van der Waals surface area contributed by atoms with Crippen molar-refractivity contribution in [1.29, 1.82) is 0 Å². The van der Waals surface area contributed by atoms with Crippen LogP contribution in [0.25, 0.3) is 0 Å². The number of phenolic OH excluding ortho intramolecular Hbond substituents is 1. The van der Waals surface area contributed by atoms with Gasteiger partial charge in [-0.1, -0.05) is 6.92 Å². The van der Waals surface area contributed by atoms with Gasteiger partial charge < -0.3 is 44.5 Å². The minimum Gasteiger partial charge on any atom is -0.508 e. The predicted octanol–water partition coefficient (Wildman–Crippen LogP) is -0.124. The summed E-state index contributed by atoms with van der Waals surface area (Å²) in [7, 11) is 0. The van der Waals surface area contributed by atoms with Gasteiger partial charge in [0.15, 0.2) is 6.29 Å². The van der Waals surface area contributed by atoms with E-state index in [1.807, 2.05) is 6.92 Å². The number of esters is 1. The third-order valence-corrected chi connectivity index (χ3v) is 6.44. The Hall–Kier alpha value is -2.21. The molecule has 0 aromatic heterocycles. The normalized spacial score (nSPS) is 41.0. The Bertz CT molecular complexity index is 825. The smallest absolute Gasteiger partial charge is 0.338 e. The minimum absolute atomic E-state index is 0.0254. The van der Waals surface area contributed by atoms with Gasteiger partial charge in [-0.15, -0.1) is 0 Å². The summed E-state index contributed by atoms with van der Waals surface area (Å²) in [5, 5.41) is 49.0. The molecule has 32 heavy (non-hydrogen) atoms. The average molecular weight is 452 g/mol. The van der Waals surface area contributed by atoms with E-state index >= 15 is 0 Å². The van der Waals surface area contributed by atoms with Crippen LogP contribution in [0.5, 0.6) is 5.75 Å². The van der Waals surface area contributed by atoms with Crippen LogP contribution >= 0.6 is 0 Å². The number of carbonyl (C=O) groups is 1. The number of rotatable bonds is 5. The second kappa shape index (κ2) is 9.34. The monoisotopic (exact) mass is 452 g/mol. The molecule has 1 aromatic carbocycles. The zero-order valence-electron chi connectivity index (χ0n) is 17.4. The highest BCUT2D eigenvalue weighted by Crippen LogP contribution is 2.45. The molecule has 5 N–H and O–H groups in total. The van der Waals surface area contributed by atoms with Gasteiger partial charge in [0, 0.05) is 11.8 Å². The van der Waals surface area contributed by atoms with Gasteiger partial charge in [-0.25, -0.2) is 4.79 Å². The van der Waals surface area contributed by atoms with Crippen molar-refractivity contribution in [2.45, 2.75) is 56.4 Å². The molecule has 0 amide bonds. The quantitative estimate of drug-likeness (QED) is 0.382. The van der Waals surface area contributed by atoms with Crippen LogP contribution in [0.3, 0.4) is 0 Å². The first kappa shape index (κ1) is 23.0. The molecule has 2 heterocycles. The summed E-state index contributed by atoms with van der Waals surface area (Å²) in [6, 6.07) is 5.79. The average Bonchev–Trinajstić information content (AvgIpc) is 3.10. The van der Waals surface area contributed by atoms with Crippen molar-refractivity contribution in [2.75, 3.05) is 6.61 Å². The van der Waals surface area contributed by atoms with Crippen LogP contribution in [0.2, 0.25) is 0 Å². The van der Waals surface area contributed by atoms with E-state index in [0.29, 0.717) is 12.0 Å². The fraction of sp³-hybridized carbons (Fsp3) is 0.591. The van der Waals surface area contributed by atoms with Crippen LogP contribution in [-0.2, 0) is 18.9 Å². The summed E-state index contributed by atoms with van der Waals surface area (Å²) in [5.41, 5.74) is 0.323. The molecular formula is C22H28O10. The van der Waals surface area contributed by atoms with Gasteiger partial charge in [-0.2, -0.15) is 0 Å². The first-order valence-electron chi connectivity index (χ1n) is 10.6. The Morgan fingerprint density at radius 1 is 1.09 bits per heavy atom. The lowest BCUT2D eigenvalue weighted by Gasteiger charge is -2.42. The van der Waals surface area contributed by atoms with E-state index < -0.39 is 55.7 Å². The maximum absolute atomic E-state index is 12.6. The molecule has 1 aromatic rings. The van der Waals surface area contributed by atoms with E-state index in [-0.39, 0.29) is 23.5 Å². The molecule has 10 nitrogen and oxygen atoms in total. The van der Waals surface area contributed by atoms with Gasteiger partial charge >= 0.3 is 5.97 Å². The highest BCUT2D eigenvalue weighted by atomic mass is 16.8. The number of aliphatic hydroxyl groups excluding tert-OH is 4. The molecule has 0 bridgehead atoms. The van der Waals surface area contributed by atoms with E-state index in [1.54, 1.807) is 6.08 Å². The van der Waals surface area contributed by atoms with Gasteiger partial charge in [-0.3, -0.25) is 0 Å². The Kier molecular flexibility index (Phi) is 6.70. The number of hydrogen-bond donors (Lipinski definition) is 5. The molecule has 0 radical (unpaired) electrons. The summed E-state index contributed by atoms with van der Waals surface area (Å²) < 4.78 is 22.6. The first-order valence-corrected chi connectivity index (χ1v) is 10.6. The number of aliphatic hydroxyl groups is 4. The third kappa shape index (κ3) is 4.34. The largest absolute Gasteiger partial charge is 0.508 e. The zero-order valence-corrected chi connectivity index (χ0v) is 17.4. The highest BCUT2D eigenvalue weighted by molar-refractivity contribution is 5.89. The molecule has 3 aliphatic rings. The molecule has 4 rings (SSSR count). The Balaban J connectivity index is 1.44. The number of benzene rings is 1. The minimum atomic E-state index is -1.55. The van der Waals surface area contributed by atoms with Crippen molar-refractivity contribution in [2.24, 2.45) is 17.8 Å². The first-order chi connectivity index (χ1) is 15.3.